The van der Waals surface area contributed by atoms with Gasteiger partial charge in [-0.1, -0.05) is 53.5 Å². The summed E-state index contributed by atoms with van der Waals surface area (Å²) in [4.78, 5) is 28.8. The van der Waals surface area contributed by atoms with Gasteiger partial charge < -0.3 is 15.5 Å². The molecule has 0 saturated carbocycles. The van der Waals surface area contributed by atoms with E-state index in [-0.39, 0.29) is 11.9 Å². The van der Waals surface area contributed by atoms with Gasteiger partial charge in [0.25, 0.3) is 0 Å². The van der Waals surface area contributed by atoms with Crippen molar-refractivity contribution < 1.29 is 4.79 Å². The fraction of sp³-hybridized carbons (Fsp3) is 0.407. The van der Waals surface area contributed by atoms with Crippen molar-refractivity contribution in [1.82, 2.24) is 30.5 Å². The lowest BCUT2D eigenvalue weighted by molar-refractivity contribution is -0.122. The van der Waals surface area contributed by atoms with E-state index in [0.29, 0.717) is 46.5 Å². The summed E-state index contributed by atoms with van der Waals surface area (Å²) in [6.45, 7) is 6.92. The molecule has 3 aromatic rings. The number of halogens is 2. The van der Waals surface area contributed by atoms with Gasteiger partial charge in [0.15, 0.2) is 5.82 Å². The van der Waals surface area contributed by atoms with Crippen LogP contribution in [0.1, 0.15) is 42.3 Å². The van der Waals surface area contributed by atoms with E-state index in [1.165, 1.54) is 0 Å². The van der Waals surface area contributed by atoms with Gasteiger partial charge in [-0.05, 0) is 50.4 Å². The molecule has 4 rings (SSSR count). The van der Waals surface area contributed by atoms with E-state index < -0.39 is 0 Å². The van der Waals surface area contributed by atoms with Gasteiger partial charge in [0.2, 0.25) is 5.91 Å². The average molecular weight is 528 g/mol. The molecule has 1 atom stereocenters. The smallest absolute Gasteiger partial charge is 0.220 e. The second kappa shape index (κ2) is 13.1. The predicted octanol–water partition coefficient (Wildman–Crippen LogP) is 4.63. The van der Waals surface area contributed by atoms with E-state index in [1.807, 2.05) is 37.3 Å². The first-order chi connectivity index (χ1) is 17.5. The topological polar surface area (TPSA) is 83.0 Å². The summed E-state index contributed by atoms with van der Waals surface area (Å²) in [6, 6.07) is 13.3. The van der Waals surface area contributed by atoms with E-state index in [2.05, 4.69) is 25.5 Å². The molecular weight excluding hydrogens is 495 g/mol. The van der Waals surface area contributed by atoms with Gasteiger partial charge in [0.1, 0.15) is 5.69 Å². The van der Waals surface area contributed by atoms with Gasteiger partial charge in [-0.15, -0.1) is 0 Å². The van der Waals surface area contributed by atoms with Crippen molar-refractivity contribution in [2.45, 2.75) is 38.6 Å². The quantitative estimate of drug-likeness (QED) is 0.400. The van der Waals surface area contributed by atoms with E-state index >= 15 is 0 Å². The number of pyridine rings is 1. The molecule has 0 aliphatic carbocycles. The van der Waals surface area contributed by atoms with Crippen LogP contribution < -0.4 is 10.6 Å². The Hall–Kier alpha value is -2.58. The summed E-state index contributed by atoms with van der Waals surface area (Å²) < 4.78 is 0. The van der Waals surface area contributed by atoms with Gasteiger partial charge in [-0.2, -0.15) is 0 Å². The first-order valence-corrected chi connectivity index (χ1v) is 13.2. The maximum Gasteiger partial charge on any atom is 0.220 e. The number of nitrogens with one attached hydrogen (secondary N) is 2. The zero-order valence-corrected chi connectivity index (χ0v) is 22.0. The predicted molar refractivity (Wildman–Crippen MR) is 144 cm³/mol. The zero-order valence-electron chi connectivity index (χ0n) is 20.5. The summed E-state index contributed by atoms with van der Waals surface area (Å²) in [5.41, 5.74) is 3.08. The van der Waals surface area contributed by atoms with Crippen LogP contribution in [0.2, 0.25) is 10.0 Å². The third-order valence-corrected chi connectivity index (χ3v) is 7.06. The first-order valence-electron chi connectivity index (χ1n) is 12.4. The second-order valence-corrected chi connectivity index (χ2v) is 9.83. The van der Waals surface area contributed by atoms with Crippen molar-refractivity contribution in [1.29, 1.82) is 0 Å². The number of piperazine rings is 1. The molecule has 1 aliphatic heterocycles. The minimum Gasteiger partial charge on any atom is -0.349 e. The van der Waals surface area contributed by atoms with E-state index in [1.54, 1.807) is 18.3 Å². The lowest BCUT2D eigenvalue weighted by Gasteiger charge is -2.27. The van der Waals surface area contributed by atoms with Crippen molar-refractivity contribution in [3.05, 3.63) is 75.7 Å². The van der Waals surface area contributed by atoms with Crippen LogP contribution in [0.5, 0.6) is 0 Å². The average Bonchev–Trinajstić information content (AvgIpc) is 2.89. The van der Waals surface area contributed by atoms with E-state index in [4.69, 9.17) is 28.2 Å². The lowest BCUT2D eigenvalue weighted by atomic mass is 10.00. The van der Waals surface area contributed by atoms with Gasteiger partial charge in [0, 0.05) is 43.8 Å². The van der Waals surface area contributed by atoms with Crippen molar-refractivity contribution in [2.75, 3.05) is 32.7 Å². The highest BCUT2D eigenvalue weighted by molar-refractivity contribution is 6.32. The second-order valence-electron chi connectivity index (χ2n) is 9.02. The Labute approximate surface area is 222 Å². The molecule has 0 spiro atoms. The molecule has 2 N–H and O–H groups in total. The Balaban J connectivity index is 1.43. The number of nitrogens with zero attached hydrogens (tertiary/aromatic N) is 4. The van der Waals surface area contributed by atoms with Crippen LogP contribution in [0.3, 0.4) is 0 Å². The molecule has 7 nitrogen and oxygen atoms in total. The van der Waals surface area contributed by atoms with Crippen molar-refractivity contribution >= 4 is 29.1 Å². The molecule has 1 amide bonds. The van der Waals surface area contributed by atoms with Gasteiger partial charge in [0.05, 0.1) is 22.5 Å². The number of aromatic nitrogens is 3. The van der Waals surface area contributed by atoms with E-state index in [0.717, 1.165) is 50.4 Å². The summed E-state index contributed by atoms with van der Waals surface area (Å²) in [5, 5.41) is 7.71. The minimum atomic E-state index is -0.142. The number of carbonyl (C=O) groups is 1. The molecule has 1 aliphatic rings. The Morgan fingerprint density at radius 2 is 1.92 bits per heavy atom. The molecule has 0 bridgehead atoms. The Morgan fingerprint density at radius 1 is 1.14 bits per heavy atom. The monoisotopic (exact) mass is 526 g/mol. The van der Waals surface area contributed by atoms with Crippen LogP contribution in [0, 0.1) is 6.92 Å². The molecule has 1 fully saturated rings. The number of carbonyl (C=O) groups excluding carboxylic acids is 1. The molecule has 36 heavy (non-hydrogen) atoms. The summed E-state index contributed by atoms with van der Waals surface area (Å²) >= 11 is 12.7. The van der Waals surface area contributed by atoms with Crippen molar-refractivity contribution in [3.63, 3.8) is 0 Å². The highest BCUT2D eigenvalue weighted by atomic mass is 35.5. The number of amides is 1. The number of rotatable bonds is 10. The van der Waals surface area contributed by atoms with Gasteiger partial charge >= 0.3 is 0 Å². The Bertz CT molecular complexity index is 1150. The van der Waals surface area contributed by atoms with Crippen LogP contribution >= 0.6 is 23.2 Å². The Kier molecular flexibility index (Phi) is 9.64. The number of hydrogen-bond donors (Lipinski definition) is 2. The molecule has 1 aromatic carbocycles. The summed E-state index contributed by atoms with van der Waals surface area (Å²) in [7, 11) is 0. The molecule has 190 valence electrons. The van der Waals surface area contributed by atoms with Crippen molar-refractivity contribution in [2.24, 2.45) is 0 Å². The number of benzene rings is 1. The molecule has 9 heteroatoms. The zero-order chi connectivity index (χ0) is 25.3. The highest BCUT2D eigenvalue weighted by Crippen LogP contribution is 2.26. The lowest BCUT2D eigenvalue weighted by Crippen LogP contribution is -2.43. The van der Waals surface area contributed by atoms with Crippen molar-refractivity contribution in [3.8, 4) is 11.5 Å². The minimum absolute atomic E-state index is 0.0627. The maximum absolute atomic E-state index is 12.9. The third kappa shape index (κ3) is 7.46. The van der Waals surface area contributed by atoms with Crippen LogP contribution in [0.4, 0.5) is 0 Å². The molecule has 0 unspecified atom stereocenters. The molecular formula is C27H32Cl2N6O. The SMILES string of the molecule is Cc1nc(-c2cc(Cl)ccn2)nc(CC[C@H](NC(=O)CCCN2CCNCC2)c2ccccc2)c1Cl. The summed E-state index contributed by atoms with van der Waals surface area (Å²) in [5.74, 6) is 0.551. The first kappa shape index (κ1) is 26.5. The Morgan fingerprint density at radius 3 is 2.67 bits per heavy atom. The van der Waals surface area contributed by atoms with E-state index in [9.17, 15) is 4.79 Å². The number of hydrogen-bond acceptors (Lipinski definition) is 6. The molecule has 3 heterocycles. The third-order valence-electron chi connectivity index (χ3n) is 6.33. The highest BCUT2D eigenvalue weighted by Gasteiger charge is 2.18. The maximum atomic E-state index is 12.9. The molecule has 1 saturated heterocycles. The molecule has 2 aromatic heterocycles. The fourth-order valence-corrected chi connectivity index (χ4v) is 4.72. The summed E-state index contributed by atoms with van der Waals surface area (Å²) in [6.07, 6.45) is 4.22. The van der Waals surface area contributed by atoms with Crippen LogP contribution in [0.25, 0.3) is 11.5 Å². The van der Waals surface area contributed by atoms with Gasteiger partial charge in [-0.3, -0.25) is 9.78 Å². The van der Waals surface area contributed by atoms with Crippen LogP contribution in [-0.2, 0) is 11.2 Å². The fourth-order valence-electron chi connectivity index (χ4n) is 4.38. The standard InChI is InChI=1S/C27H32Cl2N6O/c1-19-26(29)23(34-27(32-19)24-18-21(28)11-12-31-24)10-9-22(20-6-3-2-4-7-20)33-25(36)8-5-15-35-16-13-30-14-17-35/h2-4,6-7,11-12,18,22,30H,5,8-10,13-17H2,1H3,(H,33,36)/t22-/m0/s1. The largest absolute Gasteiger partial charge is 0.349 e. The molecule has 0 radical (unpaired) electrons. The normalized spacial score (nSPS) is 15.0. The van der Waals surface area contributed by atoms with Crippen LogP contribution in [-0.4, -0.2) is 58.5 Å². The van der Waals surface area contributed by atoms with Gasteiger partial charge in [-0.25, -0.2) is 9.97 Å². The van der Waals surface area contributed by atoms with Crippen LogP contribution in [0.15, 0.2) is 48.7 Å². The number of aryl methyl sites for hydroxylation is 2.